The van der Waals surface area contributed by atoms with Crippen LogP contribution in [-0.4, -0.2) is 21.4 Å². The van der Waals surface area contributed by atoms with Crippen LogP contribution < -0.4 is 5.32 Å². The average Bonchev–Trinajstić information content (AvgIpc) is 2.47. The molecule has 2 rings (SSSR count). The minimum Gasteiger partial charge on any atom is -0.361 e. The highest BCUT2D eigenvalue weighted by Gasteiger charge is 2.23. The Labute approximate surface area is 130 Å². The summed E-state index contributed by atoms with van der Waals surface area (Å²) in [5.74, 6) is 0.173. The van der Waals surface area contributed by atoms with Crippen LogP contribution in [0.1, 0.15) is 0 Å². The fourth-order valence-corrected chi connectivity index (χ4v) is 2.50. The van der Waals surface area contributed by atoms with E-state index >= 15 is 0 Å². The highest BCUT2D eigenvalue weighted by molar-refractivity contribution is 7.99. The van der Waals surface area contributed by atoms with Crippen molar-refractivity contribution in [2.45, 2.75) is 9.92 Å². The first kappa shape index (κ1) is 15.3. The molecule has 21 heavy (non-hydrogen) atoms. The van der Waals surface area contributed by atoms with Crippen LogP contribution in [0.5, 0.6) is 0 Å². The van der Waals surface area contributed by atoms with Crippen molar-refractivity contribution in [3.63, 3.8) is 0 Å². The number of nitro groups is 1. The molecule has 0 fully saturated rings. The van der Waals surface area contributed by atoms with E-state index in [4.69, 9.17) is 11.6 Å². The van der Waals surface area contributed by atoms with E-state index in [0.717, 1.165) is 4.90 Å². The van der Waals surface area contributed by atoms with Gasteiger partial charge in [0.1, 0.15) is 6.33 Å². The van der Waals surface area contributed by atoms with E-state index in [9.17, 15) is 10.1 Å². The highest BCUT2D eigenvalue weighted by atomic mass is 35.5. The number of anilines is 1. The molecule has 0 amide bonds. The van der Waals surface area contributed by atoms with E-state index in [1.807, 2.05) is 0 Å². The zero-order valence-corrected chi connectivity index (χ0v) is 12.4. The summed E-state index contributed by atoms with van der Waals surface area (Å²) in [5.41, 5.74) is -0.153. The predicted octanol–water partition coefficient (Wildman–Crippen LogP) is 3.79. The molecule has 1 heterocycles. The lowest BCUT2D eigenvalue weighted by molar-refractivity contribution is -0.387. The van der Waals surface area contributed by atoms with Gasteiger partial charge in [0.15, 0.2) is 5.03 Å². The Morgan fingerprint density at radius 3 is 2.71 bits per heavy atom. The monoisotopic (exact) mass is 322 g/mol. The van der Waals surface area contributed by atoms with Crippen molar-refractivity contribution in [3.05, 3.63) is 58.4 Å². The lowest BCUT2D eigenvalue weighted by atomic mass is 10.4. The van der Waals surface area contributed by atoms with Gasteiger partial charge in [-0.25, -0.2) is 9.97 Å². The summed E-state index contributed by atoms with van der Waals surface area (Å²) in [5, 5.41) is 15.0. The van der Waals surface area contributed by atoms with Gasteiger partial charge in [0, 0.05) is 16.5 Å². The summed E-state index contributed by atoms with van der Waals surface area (Å²) in [6, 6.07) is 6.98. The van der Waals surface area contributed by atoms with Crippen LogP contribution in [0.2, 0.25) is 5.02 Å². The Morgan fingerprint density at radius 2 is 2.10 bits per heavy atom. The molecule has 6 nitrogen and oxygen atoms in total. The number of nitrogens with zero attached hydrogens (tertiary/aromatic N) is 3. The fraction of sp³-hybridized carbons (Fsp3) is 0.0769. The molecule has 8 heteroatoms. The Balaban J connectivity index is 2.35. The largest absolute Gasteiger partial charge is 0.361 e. The standard InChI is InChI=1S/C13H11ClN4O2S/c1-2-7-15-12-11(18(19)20)13(17-8-16-12)21-10-5-3-9(14)4-6-10/h2-6,8H,1,7H2,(H,15,16,17). The van der Waals surface area contributed by atoms with E-state index in [0.29, 0.717) is 11.6 Å². The van der Waals surface area contributed by atoms with Crippen LogP contribution in [0.3, 0.4) is 0 Å². The van der Waals surface area contributed by atoms with E-state index < -0.39 is 4.92 Å². The molecule has 108 valence electrons. The first-order valence-corrected chi connectivity index (χ1v) is 7.09. The smallest absolute Gasteiger partial charge is 0.343 e. The Morgan fingerprint density at radius 1 is 1.38 bits per heavy atom. The molecule has 0 aliphatic heterocycles. The van der Waals surface area contributed by atoms with E-state index in [-0.39, 0.29) is 16.5 Å². The normalized spacial score (nSPS) is 10.1. The third-order valence-electron chi connectivity index (χ3n) is 2.41. The van der Waals surface area contributed by atoms with E-state index in [2.05, 4.69) is 21.9 Å². The number of halogens is 1. The minimum absolute atomic E-state index is 0.153. The van der Waals surface area contributed by atoms with Crippen molar-refractivity contribution in [3.8, 4) is 0 Å². The molecular formula is C13H11ClN4O2S. The van der Waals surface area contributed by atoms with Gasteiger partial charge in [-0.2, -0.15) is 0 Å². The summed E-state index contributed by atoms with van der Waals surface area (Å²) in [4.78, 5) is 19.5. The molecule has 0 bridgehead atoms. The van der Waals surface area contributed by atoms with Crippen molar-refractivity contribution in [1.29, 1.82) is 0 Å². The third kappa shape index (κ3) is 3.93. The number of hydrogen-bond donors (Lipinski definition) is 1. The summed E-state index contributed by atoms with van der Waals surface area (Å²) < 4.78 is 0. The molecule has 0 aliphatic rings. The van der Waals surface area contributed by atoms with Gasteiger partial charge in [0.2, 0.25) is 5.82 Å². The van der Waals surface area contributed by atoms with Gasteiger partial charge in [-0.1, -0.05) is 29.4 Å². The average molecular weight is 323 g/mol. The second-order valence-corrected chi connectivity index (χ2v) is 5.36. The number of benzene rings is 1. The maximum atomic E-state index is 11.3. The van der Waals surface area contributed by atoms with Crippen molar-refractivity contribution in [2.24, 2.45) is 0 Å². The van der Waals surface area contributed by atoms with Crippen LogP contribution in [0.15, 0.2) is 53.2 Å². The zero-order chi connectivity index (χ0) is 15.2. The minimum atomic E-state index is -0.496. The number of rotatable bonds is 6. The SMILES string of the molecule is C=CCNc1ncnc(Sc2ccc(Cl)cc2)c1[N+](=O)[O-]. The molecule has 1 N–H and O–H groups in total. The third-order valence-corrected chi connectivity index (χ3v) is 3.67. The summed E-state index contributed by atoms with van der Waals surface area (Å²) >= 11 is 7.00. The van der Waals surface area contributed by atoms with Gasteiger partial charge in [-0.15, -0.1) is 6.58 Å². The molecule has 1 aromatic heterocycles. The molecule has 1 aromatic carbocycles. The second kappa shape index (κ2) is 7.05. The number of hydrogen-bond acceptors (Lipinski definition) is 6. The van der Waals surface area contributed by atoms with Crippen LogP contribution in [0.25, 0.3) is 0 Å². The second-order valence-electron chi connectivity index (χ2n) is 3.86. The van der Waals surface area contributed by atoms with Gasteiger partial charge in [-0.05, 0) is 24.3 Å². The van der Waals surface area contributed by atoms with Gasteiger partial charge in [0.25, 0.3) is 0 Å². The highest BCUT2D eigenvalue weighted by Crippen LogP contribution is 2.36. The van der Waals surface area contributed by atoms with Crippen molar-refractivity contribution in [1.82, 2.24) is 9.97 Å². The molecule has 0 saturated heterocycles. The zero-order valence-electron chi connectivity index (χ0n) is 10.8. The summed E-state index contributed by atoms with van der Waals surface area (Å²) in [6.45, 7) is 3.93. The lowest BCUT2D eigenvalue weighted by Gasteiger charge is -2.06. The molecular weight excluding hydrogens is 312 g/mol. The quantitative estimate of drug-likeness (QED) is 0.377. The summed E-state index contributed by atoms with van der Waals surface area (Å²) in [6.07, 6.45) is 2.88. The molecule has 0 unspecified atom stereocenters. The maximum Gasteiger partial charge on any atom is 0.343 e. The van der Waals surface area contributed by atoms with E-state index in [1.165, 1.54) is 18.1 Å². The van der Waals surface area contributed by atoms with Gasteiger partial charge in [-0.3, -0.25) is 10.1 Å². The Hall–Kier alpha value is -2.12. The number of aromatic nitrogens is 2. The molecule has 0 radical (unpaired) electrons. The predicted molar refractivity (Wildman–Crippen MR) is 82.9 cm³/mol. The molecule has 0 atom stereocenters. The fourth-order valence-electron chi connectivity index (χ4n) is 1.51. The van der Waals surface area contributed by atoms with Crippen LogP contribution in [0.4, 0.5) is 11.5 Å². The first-order valence-electron chi connectivity index (χ1n) is 5.89. The topological polar surface area (TPSA) is 81.0 Å². The maximum absolute atomic E-state index is 11.3. The molecule has 0 aliphatic carbocycles. The van der Waals surface area contributed by atoms with Crippen LogP contribution >= 0.6 is 23.4 Å². The van der Waals surface area contributed by atoms with Gasteiger partial charge >= 0.3 is 5.69 Å². The molecule has 2 aromatic rings. The van der Waals surface area contributed by atoms with Crippen molar-refractivity contribution < 1.29 is 4.92 Å². The molecule has 0 spiro atoms. The number of nitrogens with one attached hydrogen (secondary N) is 1. The molecule has 0 saturated carbocycles. The first-order chi connectivity index (χ1) is 10.1. The van der Waals surface area contributed by atoms with Crippen LogP contribution in [0, 0.1) is 10.1 Å². The van der Waals surface area contributed by atoms with Crippen LogP contribution in [-0.2, 0) is 0 Å². The van der Waals surface area contributed by atoms with Gasteiger partial charge < -0.3 is 5.32 Å². The van der Waals surface area contributed by atoms with E-state index in [1.54, 1.807) is 30.3 Å². The van der Waals surface area contributed by atoms with Gasteiger partial charge in [0.05, 0.1) is 4.92 Å². The lowest BCUT2D eigenvalue weighted by Crippen LogP contribution is -2.06. The summed E-state index contributed by atoms with van der Waals surface area (Å²) in [7, 11) is 0. The van der Waals surface area contributed by atoms with Crippen molar-refractivity contribution in [2.75, 3.05) is 11.9 Å². The van der Waals surface area contributed by atoms with Crippen molar-refractivity contribution >= 4 is 34.9 Å². The Bertz CT molecular complexity index is 664. The Kier molecular flexibility index (Phi) is 5.13.